The van der Waals surface area contributed by atoms with E-state index in [0.29, 0.717) is 28.6 Å². The van der Waals surface area contributed by atoms with Crippen LogP contribution in [0.4, 0.5) is 11.5 Å². The molecule has 1 saturated carbocycles. The van der Waals surface area contributed by atoms with Gasteiger partial charge in [0.15, 0.2) is 17.6 Å². The van der Waals surface area contributed by atoms with E-state index in [1.807, 2.05) is 0 Å². The van der Waals surface area contributed by atoms with Gasteiger partial charge in [-0.15, -0.1) is 11.8 Å². The van der Waals surface area contributed by atoms with E-state index in [0.717, 1.165) is 43.9 Å². The van der Waals surface area contributed by atoms with Crippen molar-refractivity contribution in [3.05, 3.63) is 65.8 Å². The van der Waals surface area contributed by atoms with Gasteiger partial charge < -0.3 is 19.6 Å². The molecule has 1 aliphatic rings. The summed E-state index contributed by atoms with van der Waals surface area (Å²) in [5.74, 6) is -0.0783. The molecule has 11 heteroatoms. The maximum atomic E-state index is 13.7. The summed E-state index contributed by atoms with van der Waals surface area (Å²) in [7, 11) is 0. The number of ketones is 1. The first-order chi connectivity index (χ1) is 18.8. The molecular weight excluding hydrogens is 520 g/mol. The van der Waals surface area contributed by atoms with Crippen LogP contribution in [0.2, 0.25) is 0 Å². The number of amides is 3. The largest absolute Gasteiger partial charge is 0.467 e. The topological polar surface area (TPSA) is 135 Å². The molecule has 0 unspecified atom stereocenters. The molecule has 2 N–H and O–H groups in total. The number of rotatable bonds is 11. The van der Waals surface area contributed by atoms with Crippen LogP contribution in [0.15, 0.2) is 57.7 Å². The molecule has 0 saturated heterocycles. The average Bonchev–Trinajstić information content (AvgIpc) is 3.59. The molecule has 2 heterocycles. The maximum absolute atomic E-state index is 13.7. The maximum Gasteiger partial charge on any atom is 0.251 e. The van der Waals surface area contributed by atoms with Gasteiger partial charge in [-0.3, -0.25) is 24.1 Å². The number of anilines is 2. The van der Waals surface area contributed by atoms with Crippen molar-refractivity contribution >= 4 is 46.8 Å². The highest BCUT2D eigenvalue weighted by Gasteiger charge is 2.36. The number of hydrogen-bond donors (Lipinski definition) is 2. The van der Waals surface area contributed by atoms with Crippen molar-refractivity contribution in [2.45, 2.75) is 58.0 Å². The Morgan fingerprint density at radius 3 is 2.44 bits per heavy atom. The minimum Gasteiger partial charge on any atom is -0.467 e. The SMILES string of the molecule is CC(=O)c1ccc(N(C(=O)CSCC(=O)Nc2cc(C)on2)[C@@H](C(=O)NC2CCCCC2)c2ccco2)cc1. The molecule has 10 nitrogen and oxygen atoms in total. The lowest BCUT2D eigenvalue weighted by Gasteiger charge is -2.32. The van der Waals surface area contributed by atoms with Crippen LogP contribution in [0.25, 0.3) is 0 Å². The molecular formula is C28H32N4O6S. The molecule has 4 rings (SSSR count). The fourth-order valence-electron chi connectivity index (χ4n) is 4.55. The molecule has 0 aliphatic heterocycles. The zero-order valence-corrected chi connectivity index (χ0v) is 22.8. The number of nitrogens with zero attached hydrogens (tertiary/aromatic N) is 2. The number of Topliss-reactive ketones (excluding diaryl/α,β-unsaturated/α-hetero) is 1. The van der Waals surface area contributed by atoms with Crippen molar-refractivity contribution in [3.63, 3.8) is 0 Å². The highest BCUT2D eigenvalue weighted by molar-refractivity contribution is 8.00. The molecule has 0 spiro atoms. The average molecular weight is 553 g/mol. The number of hydrogen-bond acceptors (Lipinski definition) is 8. The second kappa shape index (κ2) is 13.3. The van der Waals surface area contributed by atoms with Crippen LogP contribution in [0.1, 0.15) is 66.9 Å². The van der Waals surface area contributed by atoms with Crippen LogP contribution in [0.3, 0.4) is 0 Å². The van der Waals surface area contributed by atoms with Crippen LogP contribution in [0, 0.1) is 6.92 Å². The smallest absolute Gasteiger partial charge is 0.251 e. The summed E-state index contributed by atoms with van der Waals surface area (Å²) >= 11 is 1.11. The van der Waals surface area contributed by atoms with Gasteiger partial charge in [0.25, 0.3) is 5.91 Å². The summed E-state index contributed by atoms with van der Waals surface area (Å²) in [6.07, 6.45) is 6.45. The molecule has 1 atom stereocenters. The minimum absolute atomic E-state index is 0.00550. The fourth-order valence-corrected chi connectivity index (χ4v) is 5.22. The predicted molar refractivity (Wildman–Crippen MR) is 148 cm³/mol. The Morgan fingerprint density at radius 2 is 1.82 bits per heavy atom. The highest BCUT2D eigenvalue weighted by atomic mass is 32.2. The number of aryl methyl sites for hydroxylation is 1. The van der Waals surface area contributed by atoms with Gasteiger partial charge in [0.05, 0.1) is 17.8 Å². The van der Waals surface area contributed by atoms with Crippen LogP contribution in [0.5, 0.6) is 0 Å². The van der Waals surface area contributed by atoms with Gasteiger partial charge in [0.2, 0.25) is 11.8 Å². The molecule has 1 aromatic carbocycles. The lowest BCUT2D eigenvalue weighted by Crippen LogP contribution is -2.47. The molecule has 1 aliphatic carbocycles. The van der Waals surface area contributed by atoms with E-state index in [4.69, 9.17) is 8.94 Å². The van der Waals surface area contributed by atoms with Crippen molar-refractivity contribution in [2.24, 2.45) is 0 Å². The number of carbonyl (C=O) groups excluding carboxylic acids is 4. The van der Waals surface area contributed by atoms with Gasteiger partial charge in [-0.05, 0) is 63.1 Å². The second-order valence-corrected chi connectivity index (χ2v) is 10.5. The van der Waals surface area contributed by atoms with E-state index in [2.05, 4.69) is 15.8 Å². The molecule has 2 aromatic heterocycles. The number of benzene rings is 1. The van der Waals surface area contributed by atoms with Crippen LogP contribution < -0.4 is 15.5 Å². The van der Waals surface area contributed by atoms with Gasteiger partial charge in [0.1, 0.15) is 11.5 Å². The first kappa shape index (κ1) is 28.2. The monoisotopic (exact) mass is 552 g/mol. The van der Waals surface area contributed by atoms with Crippen LogP contribution >= 0.6 is 11.8 Å². The van der Waals surface area contributed by atoms with Crippen molar-refractivity contribution < 1.29 is 28.1 Å². The van der Waals surface area contributed by atoms with Gasteiger partial charge in [-0.25, -0.2) is 0 Å². The summed E-state index contributed by atoms with van der Waals surface area (Å²) in [4.78, 5) is 52.9. The molecule has 206 valence electrons. The zero-order valence-electron chi connectivity index (χ0n) is 22.0. The lowest BCUT2D eigenvalue weighted by atomic mass is 9.95. The lowest BCUT2D eigenvalue weighted by molar-refractivity contribution is -0.127. The molecule has 0 bridgehead atoms. The van der Waals surface area contributed by atoms with E-state index in [1.54, 1.807) is 49.4 Å². The standard InChI is InChI=1S/C28H32N4O6S/c1-18-15-24(31-38-18)30-25(34)16-39-17-26(35)32(22-12-10-20(11-13-22)19(2)33)27(23-9-6-14-37-23)28(36)29-21-7-4-3-5-8-21/h6,9-15,21,27H,3-5,7-8,16-17H2,1-2H3,(H,29,36)(H,30,31,34)/t27-/m1/s1. The van der Waals surface area contributed by atoms with Gasteiger partial charge in [-0.2, -0.15) is 0 Å². The van der Waals surface area contributed by atoms with E-state index in [-0.39, 0.29) is 41.1 Å². The van der Waals surface area contributed by atoms with Crippen LogP contribution in [-0.4, -0.2) is 46.2 Å². The Bertz CT molecular complexity index is 1280. The third-order valence-corrected chi connectivity index (χ3v) is 7.36. The van der Waals surface area contributed by atoms with E-state index in [1.165, 1.54) is 18.1 Å². The predicted octanol–water partition coefficient (Wildman–Crippen LogP) is 4.67. The molecule has 3 amide bonds. The Morgan fingerprint density at radius 1 is 1.08 bits per heavy atom. The first-order valence-corrected chi connectivity index (χ1v) is 14.0. The highest BCUT2D eigenvalue weighted by Crippen LogP contribution is 2.30. The van der Waals surface area contributed by atoms with Crippen molar-refractivity contribution in [1.82, 2.24) is 10.5 Å². The quantitative estimate of drug-likeness (QED) is 0.328. The normalized spacial score (nSPS) is 14.4. The number of thioether (sulfide) groups is 1. The summed E-state index contributed by atoms with van der Waals surface area (Å²) in [5.41, 5.74) is 0.926. The van der Waals surface area contributed by atoms with Gasteiger partial charge in [0, 0.05) is 23.4 Å². The summed E-state index contributed by atoms with van der Waals surface area (Å²) in [6, 6.07) is 10.4. The first-order valence-electron chi connectivity index (χ1n) is 12.9. The molecule has 3 aromatic rings. The number of carbonyl (C=O) groups is 4. The minimum atomic E-state index is -1.06. The molecule has 39 heavy (non-hydrogen) atoms. The van der Waals surface area contributed by atoms with Gasteiger partial charge in [-0.1, -0.05) is 24.4 Å². The third kappa shape index (κ3) is 7.60. The Balaban J connectivity index is 1.55. The zero-order chi connectivity index (χ0) is 27.8. The van der Waals surface area contributed by atoms with E-state index in [9.17, 15) is 19.2 Å². The van der Waals surface area contributed by atoms with E-state index < -0.39 is 6.04 Å². The summed E-state index contributed by atoms with van der Waals surface area (Å²) in [6.45, 7) is 3.18. The molecule has 0 radical (unpaired) electrons. The van der Waals surface area contributed by atoms with E-state index >= 15 is 0 Å². The summed E-state index contributed by atoms with van der Waals surface area (Å²) in [5, 5.41) is 9.47. The Labute approximate surface area is 230 Å². The Kier molecular flexibility index (Phi) is 9.59. The van der Waals surface area contributed by atoms with Gasteiger partial charge >= 0.3 is 0 Å². The third-order valence-electron chi connectivity index (χ3n) is 6.45. The molecule has 1 fully saturated rings. The van der Waals surface area contributed by atoms with Crippen molar-refractivity contribution in [3.8, 4) is 0 Å². The number of nitrogens with one attached hydrogen (secondary N) is 2. The number of aromatic nitrogens is 1. The van der Waals surface area contributed by atoms with Crippen molar-refractivity contribution in [1.29, 1.82) is 0 Å². The second-order valence-electron chi connectivity index (χ2n) is 9.49. The Hall–Kier alpha value is -3.86. The number of furan rings is 1. The fraction of sp³-hybridized carbons (Fsp3) is 0.393. The summed E-state index contributed by atoms with van der Waals surface area (Å²) < 4.78 is 10.6. The van der Waals surface area contributed by atoms with Crippen LogP contribution in [-0.2, 0) is 14.4 Å². The van der Waals surface area contributed by atoms with Crippen molar-refractivity contribution in [2.75, 3.05) is 21.7 Å².